The van der Waals surface area contributed by atoms with Crippen molar-refractivity contribution < 1.29 is 19.7 Å². The van der Waals surface area contributed by atoms with Crippen LogP contribution >= 0.6 is 15.9 Å². The van der Waals surface area contributed by atoms with E-state index >= 15 is 0 Å². The molecule has 1 unspecified atom stereocenters. The van der Waals surface area contributed by atoms with E-state index in [1.807, 2.05) is 0 Å². The minimum atomic E-state index is -0.908. The van der Waals surface area contributed by atoms with Crippen LogP contribution in [-0.4, -0.2) is 23.3 Å². The number of halogens is 1. The Hall–Kier alpha value is -1.27. The van der Waals surface area contributed by atoms with Crippen LogP contribution in [0, 0.1) is 6.92 Å². The molecule has 0 amide bonds. The zero-order valence-electron chi connectivity index (χ0n) is 10.2. The van der Waals surface area contributed by atoms with Crippen molar-refractivity contribution in [3.8, 4) is 11.5 Å². The number of aliphatic carboxylic acids is 1. The van der Waals surface area contributed by atoms with Crippen molar-refractivity contribution in [2.45, 2.75) is 25.8 Å². The van der Waals surface area contributed by atoms with Gasteiger partial charge in [0.05, 0.1) is 11.6 Å². The summed E-state index contributed by atoms with van der Waals surface area (Å²) in [4.78, 5) is 10.5. The molecule has 5 nitrogen and oxygen atoms in total. The van der Waals surface area contributed by atoms with Gasteiger partial charge in [-0.15, -0.1) is 0 Å². The van der Waals surface area contributed by atoms with Gasteiger partial charge in [-0.25, -0.2) is 0 Å². The third-order valence-corrected chi connectivity index (χ3v) is 3.33. The summed E-state index contributed by atoms with van der Waals surface area (Å²) in [5, 5.41) is 18.7. The molecule has 100 valence electrons. The van der Waals surface area contributed by atoms with Crippen LogP contribution in [0.4, 0.5) is 0 Å². The molecule has 18 heavy (non-hydrogen) atoms. The molecule has 0 heterocycles. The average Bonchev–Trinajstić information content (AvgIpc) is 2.31. The number of hydrogen-bond acceptors (Lipinski definition) is 4. The Morgan fingerprint density at radius 1 is 1.61 bits per heavy atom. The maximum Gasteiger partial charge on any atom is 0.303 e. The van der Waals surface area contributed by atoms with Gasteiger partial charge in [0.25, 0.3) is 0 Å². The van der Waals surface area contributed by atoms with E-state index in [1.54, 1.807) is 13.0 Å². The minimum Gasteiger partial charge on any atom is -0.507 e. The van der Waals surface area contributed by atoms with E-state index in [2.05, 4.69) is 15.9 Å². The molecule has 0 spiro atoms. The van der Waals surface area contributed by atoms with Gasteiger partial charge in [-0.1, -0.05) is 0 Å². The summed E-state index contributed by atoms with van der Waals surface area (Å²) in [7, 11) is 1.51. The Morgan fingerprint density at radius 2 is 2.22 bits per heavy atom. The summed E-state index contributed by atoms with van der Waals surface area (Å²) in [6.07, 6.45) is 0.227. The number of carbonyl (C=O) groups is 1. The standard InChI is InChI=1S/C12H16BrNO4/c1-6-11(17)7(5-8(13)12(6)18-2)9(14)3-4-10(15)16/h5,9,17H,3-4,14H2,1-2H3,(H,15,16). The normalized spacial score (nSPS) is 12.2. The topological polar surface area (TPSA) is 92.8 Å². The van der Waals surface area contributed by atoms with E-state index in [-0.39, 0.29) is 18.6 Å². The highest BCUT2D eigenvalue weighted by Crippen LogP contribution is 2.40. The predicted molar refractivity (Wildman–Crippen MR) is 70.9 cm³/mol. The van der Waals surface area contributed by atoms with Gasteiger partial charge in [0.15, 0.2) is 0 Å². The number of benzene rings is 1. The molecule has 4 N–H and O–H groups in total. The molecule has 6 heteroatoms. The Bertz CT molecular complexity index is 462. The fraction of sp³-hybridized carbons (Fsp3) is 0.417. The third-order valence-electron chi connectivity index (χ3n) is 2.74. The maximum atomic E-state index is 10.5. The molecule has 1 aromatic rings. The number of carboxylic acid groups (broad SMARTS) is 1. The first-order chi connectivity index (χ1) is 8.38. The number of ether oxygens (including phenoxy) is 1. The molecular weight excluding hydrogens is 302 g/mol. The van der Waals surface area contributed by atoms with Gasteiger partial charge in [-0.3, -0.25) is 4.79 Å². The number of rotatable bonds is 5. The van der Waals surface area contributed by atoms with E-state index in [0.717, 1.165) is 0 Å². The first-order valence-electron chi connectivity index (χ1n) is 5.41. The van der Waals surface area contributed by atoms with E-state index in [9.17, 15) is 9.90 Å². The predicted octanol–water partition coefficient (Wildman–Crippen LogP) is 2.34. The first-order valence-corrected chi connectivity index (χ1v) is 6.21. The maximum absolute atomic E-state index is 10.5. The smallest absolute Gasteiger partial charge is 0.303 e. The summed E-state index contributed by atoms with van der Waals surface area (Å²) in [5.74, 6) is -0.316. The zero-order valence-corrected chi connectivity index (χ0v) is 11.8. The molecule has 0 aliphatic rings. The Labute approximate surface area is 114 Å². The Balaban J connectivity index is 3.06. The van der Waals surface area contributed by atoms with Crippen molar-refractivity contribution in [2.24, 2.45) is 5.73 Å². The molecule has 0 aliphatic carbocycles. The molecule has 0 aliphatic heterocycles. The molecule has 0 saturated carbocycles. The highest BCUT2D eigenvalue weighted by atomic mass is 79.9. The average molecular weight is 318 g/mol. The number of nitrogens with two attached hydrogens (primary N) is 1. The number of aromatic hydroxyl groups is 1. The monoisotopic (exact) mass is 317 g/mol. The Morgan fingerprint density at radius 3 is 2.72 bits per heavy atom. The summed E-state index contributed by atoms with van der Waals surface area (Å²) < 4.78 is 5.83. The lowest BCUT2D eigenvalue weighted by atomic mass is 9.99. The number of phenolic OH excluding ortho intramolecular Hbond substituents is 1. The lowest BCUT2D eigenvalue weighted by Crippen LogP contribution is -2.13. The fourth-order valence-electron chi connectivity index (χ4n) is 1.74. The van der Waals surface area contributed by atoms with Crippen LogP contribution in [0.15, 0.2) is 10.5 Å². The van der Waals surface area contributed by atoms with E-state index in [1.165, 1.54) is 7.11 Å². The van der Waals surface area contributed by atoms with Gasteiger partial charge in [-0.2, -0.15) is 0 Å². The van der Waals surface area contributed by atoms with Crippen LogP contribution in [0.25, 0.3) is 0 Å². The Kier molecular flexibility index (Phi) is 4.98. The second-order valence-corrected chi connectivity index (χ2v) is 4.85. The van der Waals surface area contributed by atoms with Crippen molar-refractivity contribution in [2.75, 3.05) is 7.11 Å². The van der Waals surface area contributed by atoms with E-state index < -0.39 is 12.0 Å². The molecule has 1 aromatic carbocycles. The lowest BCUT2D eigenvalue weighted by Gasteiger charge is -2.17. The molecule has 1 rings (SSSR count). The molecule has 0 fully saturated rings. The fourth-order valence-corrected chi connectivity index (χ4v) is 2.45. The number of methoxy groups -OCH3 is 1. The van der Waals surface area contributed by atoms with Crippen LogP contribution < -0.4 is 10.5 Å². The summed E-state index contributed by atoms with van der Waals surface area (Å²) in [5.41, 5.74) is 6.98. The van der Waals surface area contributed by atoms with Crippen LogP contribution in [0.2, 0.25) is 0 Å². The van der Waals surface area contributed by atoms with Gasteiger partial charge in [0.2, 0.25) is 0 Å². The highest BCUT2D eigenvalue weighted by Gasteiger charge is 2.19. The van der Waals surface area contributed by atoms with E-state index in [0.29, 0.717) is 21.3 Å². The molecule has 0 aromatic heterocycles. The van der Waals surface area contributed by atoms with Gasteiger partial charge >= 0.3 is 5.97 Å². The van der Waals surface area contributed by atoms with Crippen molar-refractivity contribution in [3.63, 3.8) is 0 Å². The largest absolute Gasteiger partial charge is 0.507 e. The van der Waals surface area contributed by atoms with Crippen LogP contribution in [0.5, 0.6) is 11.5 Å². The first kappa shape index (κ1) is 14.8. The number of phenols is 1. The summed E-state index contributed by atoms with van der Waals surface area (Å²) >= 11 is 3.33. The molecular formula is C12H16BrNO4. The third kappa shape index (κ3) is 3.14. The van der Waals surface area contributed by atoms with E-state index in [4.69, 9.17) is 15.6 Å². The van der Waals surface area contributed by atoms with Crippen LogP contribution in [-0.2, 0) is 4.79 Å². The summed E-state index contributed by atoms with van der Waals surface area (Å²) in [6, 6.07) is 1.13. The van der Waals surface area contributed by atoms with Crippen LogP contribution in [0.1, 0.15) is 30.0 Å². The molecule has 0 bridgehead atoms. The van der Waals surface area contributed by atoms with Gasteiger partial charge in [0.1, 0.15) is 11.5 Å². The van der Waals surface area contributed by atoms with Crippen molar-refractivity contribution in [1.29, 1.82) is 0 Å². The molecule has 1 atom stereocenters. The lowest BCUT2D eigenvalue weighted by molar-refractivity contribution is -0.137. The second kappa shape index (κ2) is 6.06. The highest BCUT2D eigenvalue weighted by molar-refractivity contribution is 9.10. The summed E-state index contributed by atoms with van der Waals surface area (Å²) in [6.45, 7) is 1.71. The number of hydrogen-bond donors (Lipinski definition) is 3. The zero-order chi connectivity index (χ0) is 13.9. The second-order valence-electron chi connectivity index (χ2n) is 3.99. The van der Waals surface area contributed by atoms with Gasteiger partial charge in [-0.05, 0) is 35.3 Å². The minimum absolute atomic E-state index is 0.0384. The van der Waals surface area contributed by atoms with Crippen molar-refractivity contribution in [3.05, 3.63) is 21.7 Å². The number of carboxylic acids is 1. The van der Waals surface area contributed by atoms with Gasteiger partial charge in [0, 0.05) is 23.6 Å². The quantitative estimate of drug-likeness (QED) is 0.775. The molecule has 0 saturated heterocycles. The molecule has 0 radical (unpaired) electrons. The van der Waals surface area contributed by atoms with Gasteiger partial charge < -0.3 is 20.7 Å². The van der Waals surface area contributed by atoms with Crippen LogP contribution in [0.3, 0.4) is 0 Å². The van der Waals surface area contributed by atoms with Crippen molar-refractivity contribution >= 4 is 21.9 Å². The SMILES string of the molecule is COc1c(Br)cc(C(N)CCC(=O)O)c(O)c1C. The van der Waals surface area contributed by atoms with Crippen molar-refractivity contribution in [1.82, 2.24) is 0 Å².